The van der Waals surface area contributed by atoms with Crippen LogP contribution in [0.3, 0.4) is 0 Å². The number of ketones is 1. The summed E-state index contributed by atoms with van der Waals surface area (Å²) in [6.45, 7) is 0. The molecule has 21 heavy (non-hydrogen) atoms. The van der Waals surface area contributed by atoms with E-state index in [2.05, 4.69) is 5.10 Å². The van der Waals surface area contributed by atoms with Gasteiger partial charge in [0.25, 0.3) is 0 Å². The molecule has 1 N–H and O–H groups in total. The van der Waals surface area contributed by atoms with Gasteiger partial charge in [-0.2, -0.15) is 5.10 Å². The summed E-state index contributed by atoms with van der Waals surface area (Å²) in [5, 5.41) is 14.3. The third kappa shape index (κ3) is 2.66. The maximum Gasteiger partial charge on any atom is 0.199 e. The molecule has 0 aliphatic heterocycles. The second-order valence-electron chi connectivity index (χ2n) is 4.50. The fourth-order valence-electron chi connectivity index (χ4n) is 2.01. The molecule has 5 heteroatoms. The van der Waals surface area contributed by atoms with Gasteiger partial charge in [0.15, 0.2) is 5.78 Å². The summed E-state index contributed by atoms with van der Waals surface area (Å²) in [6, 6.07) is 13.8. The number of carbonyl (C=O) groups excluding carboxylic acids is 1. The Morgan fingerprint density at radius 2 is 1.90 bits per heavy atom. The van der Waals surface area contributed by atoms with Gasteiger partial charge in [-0.05, 0) is 30.3 Å². The van der Waals surface area contributed by atoms with Crippen LogP contribution in [0.4, 0.5) is 0 Å². The van der Waals surface area contributed by atoms with Crippen LogP contribution in [-0.4, -0.2) is 20.7 Å². The molecule has 1 aromatic heterocycles. The van der Waals surface area contributed by atoms with Crippen molar-refractivity contribution in [2.45, 2.75) is 0 Å². The van der Waals surface area contributed by atoms with Gasteiger partial charge in [0.1, 0.15) is 5.75 Å². The SMILES string of the molecule is O=C(c1cnn(-c2ccccc2)c1)c1cc(Cl)ccc1O. The van der Waals surface area contributed by atoms with E-state index >= 15 is 0 Å². The number of hydrogen-bond donors (Lipinski definition) is 1. The average Bonchev–Trinajstić information content (AvgIpc) is 3.00. The summed E-state index contributed by atoms with van der Waals surface area (Å²) in [7, 11) is 0. The van der Waals surface area contributed by atoms with Crippen molar-refractivity contribution < 1.29 is 9.90 Å². The van der Waals surface area contributed by atoms with E-state index in [-0.39, 0.29) is 17.1 Å². The standard InChI is InChI=1S/C16H11ClN2O2/c17-12-6-7-15(20)14(8-12)16(21)11-9-18-19(10-11)13-4-2-1-3-5-13/h1-10,20H. The number of phenols is 1. The number of carbonyl (C=O) groups is 1. The fourth-order valence-corrected chi connectivity index (χ4v) is 2.18. The van der Waals surface area contributed by atoms with E-state index in [9.17, 15) is 9.90 Å². The zero-order valence-electron chi connectivity index (χ0n) is 10.9. The molecule has 0 unspecified atom stereocenters. The van der Waals surface area contributed by atoms with Crippen molar-refractivity contribution in [1.29, 1.82) is 0 Å². The van der Waals surface area contributed by atoms with Crippen molar-refractivity contribution in [1.82, 2.24) is 9.78 Å². The lowest BCUT2D eigenvalue weighted by molar-refractivity contribution is 0.103. The van der Waals surface area contributed by atoms with Crippen molar-refractivity contribution in [3.8, 4) is 11.4 Å². The molecule has 4 nitrogen and oxygen atoms in total. The first kappa shape index (κ1) is 13.4. The number of phenolic OH excluding ortho intramolecular Hbond substituents is 1. The first-order valence-corrected chi connectivity index (χ1v) is 6.66. The van der Waals surface area contributed by atoms with Crippen molar-refractivity contribution in [2.75, 3.05) is 0 Å². The minimum Gasteiger partial charge on any atom is -0.507 e. The summed E-state index contributed by atoms with van der Waals surface area (Å²) in [5.74, 6) is -0.422. The lowest BCUT2D eigenvalue weighted by Gasteiger charge is -2.02. The van der Waals surface area contributed by atoms with Gasteiger partial charge in [0.05, 0.1) is 23.0 Å². The third-order valence-electron chi connectivity index (χ3n) is 3.07. The first-order valence-electron chi connectivity index (χ1n) is 6.28. The number of benzene rings is 2. The molecule has 104 valence electrons. The molecule has 0 saturated heterocycles. The van der Waals surface area contributed by atoms with Crippen LogP contribution in [0.25, 0.3) is 5.69 Å². The Labute approximate surface area is 126 Å². The highest BCUT2D eigenvalue weighted by atomic mass is 35.5. The topological polar surface area (TPSA) is 55.1 Å². The molecule has 0 saturated carbocycles. The maximum atomic E-state index is 12.4. The van der Waals surface area contributed by atoms with Gasteiger partial charge in [-0.1, -0.05) is 29.8 Å². The first-order chi connectivity index (χ1) is 10.1. The second-order valence-corrected chi connectivity index (χ2v) is 4.94. The monoisotopic (exact) mass is 298 g/mol. The Balaban J connectivity index is 1.96. The van der Waals surface area contributed by atoms with Gasteiger partial charge < -0.3 is 5.11 Å². The molecule has 0 fully saturated rings. The fraction of sp³-hybridized carbons (Fsp3) is 0. The number of para-hydroxylation sites is 1. The van der Waals surface area contributed by atoms with Crippen molar-refractivity contribution in [2.24, 2.45) is 0 Å². The predicted octanol–water partition coefficient (Wildman–Crippen LogP) is 3.46. The van der Waals surface area contributed by atoms with Crippen molar-refractivity contribution >= 4 is 17.4 Å². The zero-order chi connectivity index (χ0) is 14.8. The number of aromatic nitrogens is 2. The molecule has 0 bridgehead atoms. The van der Waals surface area contributed by atoms with E-state index in [1.165, 1.54) is 24.4 Å². The molecule has 0 atom stereocenters. The van der Waals surface area contributed by atoms with E-state index in [1.54, 1.807) is 10.9 Å². The Hall–Kier alpha value is -2.59. The number of halogens is 1. The van der Waals surface area contributed by atoms with E-state index < -0.39 is 0 Å². The third-order valence-corrected chi connectivity index (χ3v) is 3.30. The van der Waals surface area contributed by atoms with E-state index in [1.807, 2.05) is 30.3 Å². The van der Waals surface area contributed by atoms with Gasteiger partial charge in [0.2, 0.25) is 0 Å². The quantitative estimate of drug-likeness (QED) is 0.753. The van der Waals surface area contributed by atoms with Gasteiger partial charge in [0, 0.05) is 11.2 Å². The summed E-state index contributed by atoms with van der Waals surface area (Å²) in [4.78, 5) is 12.4. The molecule has 0 amide bonds. The summed E-state index contributed by atoms with van der Waals surface area (Å²) >= 11 is 5.87. The Morgan fingerprint density at radius 1 is 1.14 bits per heavy atom. The van der Waals surface area contributed by atoms with Crippen LogP contribution in [0, 0.1) is 0 Å². The smallest absolute Gasteiger partial charge is 0.199 e. The summed E-state index contributed by atoms with van der Waals surface area (Å²) in [5.41, 5.74) is 1.40. The minimum absolute atomic E-state index is 0.100. The van der Waals surface area contributed by atoms with Gasteiger partial charge in [-0.3, -0.25) is 4.79 Å². The van der Waals surface area contributed by atoms with Gasteiger partial charge in [-0.15, -0.1) is 0 Å². The average molecular weight is 299 g/mol. The molecule has 0 aliphatic rings. The van der Waals surface area contributed by atoms with Crippen molar-refractivity contribution in [3.05, 3.63) is 77.1 Å². The highest BCUT2D eigenvalue weighted by molar-refractivity contribution is 6.31. The largest absolute Gasteiger partial charge is 0.507 e. The molecule has 2 aromatic carbocycles. The molecular formula is C16H11ClN2O2. The van der Waals surface area contributed by atoms with Gasteiger partial charge >= 0.3 is 0 Å². The van der Waals surface area contributed by atoms with Crippen LogP contribution in [0.5, 0.6) is 5.75 Å². The van der Waals surface area contributed by atoms with E-state index in [4.69, 9.17) is 11.6 Å². The molecule has 1 heterocycles. The normalized spacial score (nSPS) is 10.5. The number of nitrogens with zero attached hydrogens (tertiary/aromatic N) is 2. The molecule has 0 radical (unpaired) electrons. The van der Waals surface area contributed by atoms with E-state index in [0.717, 1.165) is 5.69 Å². The lowest BCUT2D eigenvalue weighted by atomic mass is 10.1. The Morgan fingerprint density at radius 3 is 2.67 bits per heavy atom. The van der Waals surface area contributed by atoms with Crippen LogP contribution >= 0.6 is 11.6 Å². The number of hydrogen-bond acceptors (Lipinski definition) is 3. The molecule has 3 rings (SSSR count). The molecular weight excluding hydrogens is 288 g/mol. The van der Waals surface area contributed by atoms with Crippen LogP contribution in [0.2, 0.25) is 5.02 Å². The van der Waals surface area contributed by atoms with Crippen LogP contribution in [-0.2, 0) is 0 Å². The maximum absolute atomic E-state index is 12.4. The predicted molar refractivity (Wildman–Crippen MR) is 80.1 cm³/mol. The van der Waals surface area contributed by atoms with Crippen LogP contribution in [0.1, 0.15) is 15.9 Å². The van der Waals surface area contributed by atoms with Crippen LogP contribution in [0.15, 0.2) is 60.9 Å². The molecule has 3 aromatic rings. The molecule has 0 aliphatic carbocycles. The summed E-state index contributed by atoms with van der Waals surface area (Å²) in [6.07, 6.45) is 3.09. The Bertz CT molecular complexity index is 797. The second kappa shape index (κ2) is 5.42. The van der Waals surface area contributed by atoms with Crippen LogP contribution < -0.4 is 0 Å². The lowest BCUT2D eigenvalue weighted by Crippen LogP contribution is -2.00. The Kier molecular flexibility index (Phi) is 3.46. The number of aromatic hydroxyl groups is 1. The van der Waals surface area contributed by atoms with E-state index in [0.29, 0.717) is 10.6 Å². The minimum atomic E-state index is -0.322. The van der Waals surface area contributed by atoms with Gasteiger partial charge in [-0.25, -0.2) is 4.68 Å². The van der Waals surface area contributed by atoms with Crippen molar-refractivity contribution in [3.63, 3.8) is 0 Å². The molecule has 0 spiro atoms. The summed E-state index contributed by atoms with van der Waals surface area (Å²) < 4.78 is 1.61. The highest BCUT2D eigenvalue weighted by Crippen LogP contribution is 2.24. The number of rotatable bonds is 3. The highest BCUT2D eigenvalue weighted by Gasteiger charge is 2.16. The zero-order valence-corrected chi connectivity index (χ0v) is 11.7.